The second-order valence-electron chi connectivity index (χ2n) is 5.82. The number of fused-ring (bicyclic) bond motifs is 1. The Bertz CT molecular complexity index is 619. The van der Waals surface area contributed by atoms with Gasteiger partial charge in [-0.15, -0.1) is 0 Å². The molecular weight excluding hydrogens is 266 g/mol. The van der Waals surface area contributed by atoms with E-state index in [4.69, 9.17) is 9.26 Å². The number of nitrogens with one attached hydrogen (secondary N) is 1. The van der Waals surface area contributed by atoms with E-state index in [1.54, 1.807) is 0 Å². The monoisotopic (exact) mass is 285 g/mol. The minimum absolute atomic E-state index is 0.0241. The van der Waals surface area contributed by atoms with E-state index in [2.05, 4.69) is 39.7 Å². The van der Waals surface area contributed by atoms with Crippen molar-refractivity contribution in [3.8, 4) is 0 Å². The van der Waals surface area contributed by atoms with Crippen LogP contribution >= 0.6 is 0 Å². The lowest BCUT2D eigenvalue weighted by Gasteiger charge is -2.23. The Morgan fingerprint density at radius 1 is 1.29 bits per heavy atom. The molecule has 1 fully saturated rings. The fraction of sp³-hybridized carbons (Fsp3) is 0.500. The third kappa shape index (κ3) is 2.59. The number of nitrogens with zero attached hydrogens (tertiary/aromatic N) is 2. The van der Waals surface area contributed by atoms with Gasteiger partial charge in [0.1, 0.15) is 6.04 Å². The molecule has 2 aliphatic heterocycles. The van der Waals surface area contributed by atoms with Crippen molar-refractivity contribution in [2.24, 2.45) is 5.92 Å². The van der Waals surface area contributed by atoms with Crippen molar-refractivity contribution in [1.82, 2.24) is 15.5 Å². The summed E-state index contributed by atoms with van der Waals surface area (Å²) in [5.74, 6) is 2.00. The minimum Gasteiger partial charge on any atom is -0.381 e. The van der Waals surface area contributed by atoms with Crippen LogP contribution in [0.5, 0.6) is 0 Å². The van der Waals surface area contributed by atoms with Gasteiger partial charge >= 0.3 is 0 Å². The fourth-order valence-electron chi connectivity index (χ4n) is 3.20. The van der Waals surface area contributed by atoms with Gasteiger partial charge in [-0.2, -0.15) is 4.98 Å². The predicted octanol–water partition coefficient (Wildman–Crippen LogP) is 1.88. The van der Waals surface area contributed by atoms with Gasteiger partial charge in [-0.25, -0.2) is 0 Å². The molecule has 21 heavy (non-hydrogen) atoms. The van der Waals surface area contributed by atoms with E-state index in [0.717, 1.165) is 44.8 Å². The first-order valence-electron chi connectivity index (χ1n) is 7.61. The number of ether oxygens (including phenoxy) is 1. The number of hydrogen-bond acceptors (Lipinski definition) is 5. The Morgan fingerprint density at radius 3 is 3.14 bits per heavy atom. The maximum absolute atomic E-state index is 5.51. The summed E-state index contributed by atoms with van der Waals surface area (Å²) >= 11 is 0. The Hall–Kier alpha value is -1.72. The molecule has 1 saturated heterocycles. The normalized spacial score (nSPS) is 25.0. The van der Waals surface area contributed by atoms with E-state index >= 15 is 0 Å². The van der Waals surface area contributed by atoms with Crippen LogP contribution in [0.1, 0.15) is 35.3 Å². The largest absolute Gasteiger partial charge is 0.381 e. The molecule has 0 saturated carbocycles. The number of aromatic nitrogens is 2. The Balaban J connectivity index is 1.56. The van der Waals surface area contributed by atoms with Gasteiger partial charge in [-0.1, -0.05) is 29.4 Å². The molecule has 5 nitrogen and oxygen atoms in total. The lowest BCUT2D eigenvalue weighted by molar-refractivity contribution is 0.185. The van der Waals surface area contributed by atoms with Crippen LogP contribution in [-0.2, 0) is 17.6 Å². The summed E-state index contributed by atoms with van der Waals surface area (Å²) in [5, 5.41) is 7.62. The number of hydrogen-bond donors (Lipinski definition) is 1. The maximum Gasteiger partial charge on any atom is 0.248 e. The van der Waals surface area contributed by atoms with Gasteiger partial charge in [-0.05, 0) is 29.9 Å². The molecule has 5 heteroatoms. The molecule has 2 atom stereocenters. The maximum atomic E-state index is 5.51. The summed E-state index contributed by atoms with van der Waals surface area (Å²) < 4.78 is 10.9. The van der Waals surface area contributed by atoms with Crippen LogP contribution in [0.2, 0.25) is 0 Å². The lowest BCUT2D eigenvalue weighted by Crippen LogP contribution is -2.30. The minimum atomic E-state index is 0.0241. The van der Waals surface area contributed by atoms with Crippen molar-refractivity contribution < 1.29 is 9.26 Å². The van der Waals surface area contributed by atoms with Gasteiger partial charge < -0.3 is 14.6 Å². The molecule has 0 spiro atoms. The molecule has 0 aliphatic carbocycles. The second-order valence-corrected chi connectivity index (χ2v) is 5.82. The summed E-state index contributed by atoms with van der Waals surface area (Å²) in [6.07, 6.45) is 2.99. The summed E-state index contributed by atoms with van der Waals surface area (Å²) in [6, 6.07) is 8.49. The first kappa shape index (κ1) is 13.0. The van der Waals surface area contributed by atoms with Gasteiger partial charge in [-0.3, -0.25) is 0 Å². The SMILES string of the molecule is c1ccc2c(c1)CCNC2c1nc(CC2CCOC2)no1. The zero-order valence-corrected chi connectivity index (χ0v) is 11.9. The summed E-state index contributed by atoms with van der Waals surface area (Å²) in [7, 11) is 0. The Kier molecular flexibility index (Phi) is 3.45. The molecule has 2 unspecified atom stereocenters. The fourth-order valence-corrected chi connectivity index (χ4v) is 3.20. The van der Waals surface area contributed by atoms with Crippen molar-refractivity contribution in [3.63, 3.8) is 0 Å². The Labute approximate surface area is 123 Å². The van der Waals surface area contributed by atoms with Gasteiger partial charge in [0.25, 0.3) is 0 Å². The Morgan fingerprint density at radius 2 is 2.24 bits per heavy atom. The average molecular weight is 285 g/mol. The molecule has 2 aliphatic rings. The topological polar surface area (TPSA) is 60.2 Å². The van der Waals surface area contributed by atoms with E-state index in [0.29, 0.717) is 11.8 Å². The third-order valence-corrected chi connectivity index (χ3v) is 4.33. The van der Waals surface area contributed by atoms with Gasteiger partial charge in [0.05, 0.1) is 0 Å². The molecule has 1 N–H and O–H groups in total. The summed E-state index contributed by atoms with van der Waals surface area (Å²) in [4.78, 5) is 4.60. The van der Waals surface area contributed by atoms with E-state index < -0.39 is 0 Å². The van der Waals surface area contributed by atoms with E-state index in [-0.39, 0.29) is 6.04 Å². The molecular formula is C16H19N3O2. The van der Waals surface area contributed by atoms with Crippen LogP contribution in [-0.4, -0.2) is 29.9 Å². The molecule has 0 radical (unpaired) electrons. The van der Waals surface area contributed by atoms with E-state index in [1.807, 2.05) is 0 Å². The van der Waals surface area contributed by atoms with Gasteiger partial charge in [0, 0.05) is 26.2 Å². The third-order valence-electron chi connectivity index (χ3n) is 4.33. The van der Waals surface area contributed by atoms with Crippen LogP contribution in [0.15, 0.2) is 28.8 Å². The highest BCUT2D eigenvalue weighted by atomic mass is 16.5. The van der Waals surface area contributed by atoms with Gasteiger partial charge in [0.15, 0.2) is 5.82 Å². The highest BCUT2D eigenvalue weighted by Gasteiger charge is 2.27. The van der Waals surface area contributed by atoms with Crippen molar-refractivity contribution in [3.05, 3.63) is 47.1 Å². The van der Waals surface area contributed by atoms with Crippen molar-refractivity contribution >= 4 is 0 Å². The number of benzene rings is 1. The van der Waals surface area contributed by atoms with Crippen LogP contribution in [0.3, 0.4) is 0 Å². The molecule has 0 bridgehead atoms. The van der Waals surface area contributed by atoms with Crippen LogP contribution in [0.25, 0.3) is 0 Å². The first-order chi connectivity index (χ1) is 10.4. The molecule has 2 aromatic rings. The highest BCUT2D eigenvalue weighted by molar-refractivity contribution is 5.35. The quantitative estimate of drug-likeness (QED) is 0.933. The number of rotatable bonds is 3. The zero-order chi connectivity index (χ0) is 14.1. The average Bonchev–Trinajstić information content (AvgIpc) is 3.19. The molecule has 1 aromatic heterocycles. The van der Waals surface area contributed by atoms with E-state index in [9.17, 15) is 0 Å². The molecule has 110 valence electrons. The van der Waals surface area contributed by atoms with E-state index in [1.165, 1.54) is 11.1 Å². The van der Waals surface area contributed by atoms with Crippen molar-refractivity contribution in [2.75, 3.05) is 19.8 Å². The van der Waals surface area contributed by atoms with Crippen molar-refractivity contribution in [1.29, 1.82) is 0 Å². The summed E-state index contributed by atoms with van der Waals surface area (Å²) in [6.45, 7) is 2.61. The van der Waals surface area contributed by atoms with Gasteiger partial charge in [0.2, 0.25) is 5.89 Å². The lowest BCUT2D eigenvalue weighted by atomic mass is 9.94. The zero-order valence-electron chi connectivity index (χ0n) is 11.9. The summed E-state index contributed by atoms with van der Waals surface area (Å²) in [5.41, 5.74) is 2.62. The second kappa shape index (κ2) is 5.58. The molecule has 1 aromatic carbocycles. The molecule has 4 rings (SSSR count). The van der Waals surface area contributed by atoms with Crippen molar-refractivity contribution in [2.45, 2.75) is 25.3 Å². The van der Waals surface area contributed by atoms with Crippen LogP contribution < -0.4 is 5.32 Å². The molecule has 0 amide bonds. The first-order valence-corrected chi connectivity index (χ1v) is 7.61. The van der Waals surface area contributed by atoms with Crippen LogP contribution in [0, 0.1) is 5.92 Å². The molecule has 3 heterocycles. The highest BCUT2D eigenvalue weighted by Crippen LogP contribution is 2.28. The standard InChI is InChI=1S/C16H19N3O2/c1-2-4-13-12(3-1)5-7-17-15(13)16-18-14(19-21-16)9-11-6-8-20-10-11/h1-4,11,15,17H,5-10H2. The van der Waals surface area contributed by atoms with Crippen LogP contribution in [0.4, 0.5) is 0 Å². The smallest absolute Gasteiger partial charge is 0.248 e. The predicted molar refractivity (Wildman–Crippen MR) is 76.9 cm³/mol.